The molecule has 6 heteroatoms. The molecule has 1 aromatic carbocycles. The molecule has 1 atom stereocenters. The number of aliphatic carboxylic acids is 1. The normalized spacial score (nSPS) is 19.4. The Hall–Kier alpha value is -2.63. The van der Waals surface area contributed by atoms with Crippen LogP contribution in [0.3, 0.4) is 0 Å². The predicted octanol–water partition coefficient (Wildman–Crippen LogP) is 2.61. The number of hydrogen-bond donors (Lipinski definition) is 1. The van der Waals surface area contributed by atoms with E-state index in [1.807, 2.05) is 35.9 Å². The van der Waals surface area contributed by atoms with Gasteiger partial charge in [-0.05, 0) is 50.7 Å². The van der Waals surface area contributed by atoms with Gasteiger partial charge in [-0.25, -0.2) is 4.68 Å². The molecule has 0 bridgehead atoms. The summed E-state index contributed by atoms with van der Waals surface area (Å²) in [4.78, 5) is 26.1. The van der Waals surface area contributed by atoms with Gasteiger partial charge in [0, 0.05) is 24.3 Å². The van der Waals surface area contributed by atoms with Crippen LogP contribution in [0.4, 0.5) is 0 Å². The molecule has 1 amide bonds. The van der Waals surface area contributed by atoms with E-state index in [4.69, 9.17) is 0 Å². The minimum absolute atomic E-state index is 0.124. The highest BCUT2D eigenvalue weighted by Gasteiger charge is 2.33. The van der Waals surface area contributed by atoms with Crippen molar-refractivity contribution in [3.63, 3.8) is 0 Å². The largest absolute Gasteiger partial charge is 0.481 e. The van der Waals surface area contributed by atoms with E-state index < -0.39 is 11.9 Å². The minimum atomic E-state index is -0.821. The molecule has 4 rings (SSSR count). The van der Waals surface area contributed by atoms with Gasteiger partial charge in [-0.1, -0.05) is 18.2 Å². The number of carboxylic acids is 1. The first-order valence-corrected chi connectivity index (χ1v) is 9.25. The smallest absolute Gasteiger partial charge is 0.308 e. The summed E-state index contributed by atoms with van der Waals surface area (Å²) in [6, 6.07) is 8.04. The summed E-state index contributed by atoms with van der Waals surface area (Å²) >= 11 is 0. The van der Waals surface area contributed by atoms with Crippen LogP contribution in [0.15, 0.2) is 24.3 Å². The van der Waals surface area contributed by atoms with Crippen LogP contribution in [0.25, 0.3) is 5.69 Å². The van der Waals surface area contributed by atoms with Crippen molar-refractivity contribution in [2.24, 2.45) is 5.92 Å². The van der Waals surface area contributed by atoms with E-state index >= 15 is 0 Å². The summed E-state index contributed by atoms with van der Waals surface area (Å²) in [5.41, 5.74) is 4.79. The van der Waals surface area contributed by atoms with Crippen LogP contribution in [-0.2, 0) is 17.6 Å². The molecule has 0 radical (unpaired) electrons. The average Bonchev–Trinajstić information content (AvgIpc) is 3.24. The predicted molar refractivity (Wildman–Crippen MR) is 96.6 cm³/mol. The lowest BCUT2D eigenvalue weighted by Gasteiger charge is -2.30. The zero-order valence-corrected chi connectivity index (χ0v) is 14.9. The number of carboxylic acid groups (broad SMARTS) is 1. The molecule has 1 aliphatic heterocycles. The summed E-state index contributed by atoms with van der Waals surface area (Å²) in [7, 11) is 0. The third-order valence-corrected chi connectivity index (χ3v) is 5.53. The third-order valence-electron chi connectivity index (χ3n) is 5.53. The molecule has 0 spiro atoms. The fraction of sp³-hybridized carbons (Fsp3) is 0.450. The van der Waals surface area contributed by atoms with Crippen molar-refractivity contribution in [3.05, 3.63) is 46.8 Å². The van der Waals surface area contributed by atoms with Gasteiger partial charge in [0.15, 0.2) is 5.69 Å². The first-order valence-electron chi connectivity index (χ1n) is 9.25. The first-order chi connectivity index (χ1) is 12.6. The lowest BCUT2D eigenvalue weighted by molar-refractivity contribution is -0.143. The standard InChI is InChI=1S/C20H23N3O3/c1-13-6-2-3-9-16(13)23-17-10-4-8-15(17)18(21-23)19(24)22-11-5-7-14(12-22)20(25)26/h2-3,6,9,14H,4-5,7-8,10-12H2,1H3,(H,25,26). The quantitative estimate of drug-likeness (QED) is 0.920. The number of aryl methyl sites for hydroxylation is 1. The zero-order valence-electron chi connectivity index (χ0n) is 14.9. The molecule has 2 heterocycles. The summed E-state index contributed by atoms with van der Waals surface area (Å²) < 4.78 is 1.92. The van der Waals surface area contributed by atoms with Gasteiger partial charge in [0.2, 0.25) is 0 Å². The molecule has 0 saturated carbocycles. The van der Waals surface area contributed by atoms with E-state index in [9.17, 15) is 14.7 Å². The van der Waals surface area contributed by atoms with Crippen molar-refractivity contribution in [1.29, 1.82) is 0 Å². The van der Waals surface area contributed by atoms with Gasteiger partial charge in [-0.2, -0.15) is 5.10 Å². The van der Waals surface area contributed by atoms with Crippen LogP contribution < -0.4 is 0 Å². The Labute approximate surface area is 152 Å². The number of likely N-dealkylation sites (tertiary alicyclic amines) is 1. The van der Waals surface area contributed by atoms with Gasteiger partial charge in [0.1, 0.15) is 0 Å². The van der Waals surface area contributed by atoms with Crippen molar-refractivity contribution in [2.75, 3.05) is 13.1 Å². The molecule has 6 nitrogen and oxygen atoms in total. The monoisotopic (exact) mass is 353 g/mol. The van der Waals surface area contributed by atoms with Gasteiger partial charge in [-0.3, -0.25) is 9.59 Å². The molecule has 136 valence electrons. The molecule has 2 aromatic rings. The van der Waals surface area contributed by atoms with Gasteiger partial charge >= 0.3 is 5.97 Å². The Kier molecular flexibility index (Phi) is 4.26. The molecule has 1 aromatic heterocycles. The lowest BCUT2D eigenvalue weighted by Crippen LogP contribution is -2.42. The van der Waals surface area contributed by atoms with Gasteiger partial charge in [0.05, 0.1) is 11.6 Å². The van der Waals surface area contributed by atoms with Crippen LogP contribution in [0.5, 0.6) is 0 Å². The number of aromatic nitrogens is 2. The number of piperidine rings is 1. The van der Waals surface area contributed by atoms with Crippen molar-refractivity contribution < 1.29 is 14.7 Å². The second-order valence-corrected chi connectivity index (χ2v) is 7.25. The second-order valence-electron chi connectivity index (χ2n) is 7.25. The second kappa shape index (κ2) is 6.59. The molecule has 26 heavy (non-hydrogen) atoms. The molecular weight excluding hydrogens is 330 g/mol. The maximum atomic E-state index is 13.1. The number of carbonyl (C=O) groups is 2. The van der Waals surface area contributed by atoms with E-state index in [2.05, 4.69) is 5.10 Å². The fourth-order valence-electron chi connectivity index (χ4n) is 4.12. The number of benzene rings is 1. The Morgan fingerprint density at radius 1 is 1.19 bits per heavy atom. The van der Waals surface area contributed by atoms with Crippen LogP contribution in [0.1, 0.15) is 46.6 Å². The molecule has 1 fully saturated rings. The number of rotatable bonds is 3. The first kappa shape index (κ1) is 16.8. The Bertz CT molecular complexity index is 871. The van der Waals surface area contributed by atoms with Gasteiger partial charge in [-0.15, -0.1) is 0 Å². The lowest BCUT2D eigenvalue weighted by atomic mass is 9.98. The van der Waals surface area contributed by atoms with Crippen LogP contribution in [-0.4, -0.2) is 44.8 Å². The van der Waals surface area contributed by atoms with E-state index in [-0.39, 0.29) is 12.5 Å². The summed E-state index contributed by atoms with van der Waals surface area (Å²) in [5, 5.41) is 14.0. The van der Waals surface area contributed by atoms with Crippen molar-refractivity contribution >= 4 is 11.9 Å². The Morgan fingerprint density at radius 2 is 2.00 bits per heavy atom. The summed E-state index contributed by atoms with van der Waals surface area (Å²) in [5.74, 6) is -1.42. The molecular formula is C20H23N3O3. The number of carbonyl (C=O) groups excluding carboxylic acids is 1. The average molecular weight is 353 g/mol. The molecule has 1 unspecified atom stereocenters. The Morgan fingerprint density at radius 3 is 2.77 bits per heavy atom. The van der Waals surface area contributed by atoms with E-state index in [0.29, 0.717) is 18.7 Å². The maximum Gasteiger partial charge on any atom is 0.308 e. The van der Waals surface area contributed by atoms with E-state index in [1.165, 1.54) is 0 Å². The third kappa shape index (κ3) is 2.79. The minimum Gasteiger partial charge on any atom is -0.481 e. The molecule has 1 saturated heterocycles. The number of fused-ring (bicyclic) bond motifs is 1. The van der Waals surface area contributed by atoms with Gasteiger partial charge < -0.3 is 10.0 Å². The van der Waals surface area contributed by atoms with Crippen LogP contribution in [0, 0.1) is 12.8 Å². The number of amides is 1. The number of hydrogen-bond acceptors (Lipinski definition) is 3. The highest BCUT2D eigenvalue weighted by molar-refractivity contribution is 5.94. The SMILES string of the molecule is Cc1ccccc1-n1nc(C(=O)N2CCCC(C(=O)O)C2)c2c1CCC2. The van der Waals surface area contributed by atoms with Crippen molar-refractivity contribution in [2.45, 2.75) is 39.0 Å². The number of nitrogens with zero attached hydrogens (tertiary/aromatic N) is 3. The topological polar surface area (TPSA) is 75.4 Å². The summed E-state index contributed by atoms with van der Waals surface area (Å²) in [6.45, 7) is 2.93. The van der Waals surface area contributed by atoms with Crippen LogP contribution >= 0.6 is 0 Å². The highest BCUT2D eigenvalue weighted by atomic mass is 16.4. The molecule has 2 aliphatic rings. The fourth-order valence-corrected chi connectivity index (χ4v) is 4.12. The van der Waals surface area contributed by atoms with Crippen molar-refractivity contribution in [1.82, 2.24) is 14.7 Å². The Balaban J connectivity index is 1.69. The molecule has 1 N–H and O–H groups in total. The number of para-hydroxylation sites is 1. The van der Waals surface area contributed by atoms with Crippen molar-refractivity contribution in [3.8, 4) is 5.69 Å². The summed E-state index contributed by atoms with van der Waals surface area (Å²) in [6.07, 6.45) is 4.16. The zero-order chi connectivity index (χ0) is 18.3. The maximum absolute atomic E-state index is 13.1. The highest BCUT2D eigenvalue weighted by Crippen LogP contribution is 2.30. The molecule has 1 aliphatic carbocycles. The van der Waals surface area contributed by atoms with Crippen LogP contribution in [0.2, 0.25) is 0 Å². The van der Waals surface area contributed by atoms with E-state index in [1.54, 1.807) is 4.90 Å². The van der Waals surface area contributed by atoms with Gasteiger partial charge in [0.25, 0.3) is 5.91 Å². The van der Waals surface area contributed by atoms with E-state index in [0.717, 1.165) is 48.2 Å².